The number of urea groups is 1. The smallest absolute Gasteiger partial charge is 0.271 e. The van der Waals surface area contributed by atoms with E-state index in [4.69, 9.17) is 0 Å². The first-order valence-electron chi connectivity index (χ1n) is 2.09. The van der Waals surface area contributed by atoms with Crippen LogP contribution in [0.1, 0.15) is 0 Å². The van der Waals surface area contributed by atoms with Crippen molar-refractivity contribution in [2.45, 2.75) is 0 Å². The summed E-state index contributed by atoms with van der Waals surface area (Å²) in [5.41, 5.74) is 0. The maximum atomic E-state index is 10.7. The van der Waals surface area contributed by atoms with Gasteiger partial charge in [-0.2, -0.15) is 0 Å². The number of nitrogens with zero attached hydrogens (tertiary/aromatic N) is 2. The van der Waals surface area contributed by atoms with E-state index in [0.717, 1.165) is 3.11 Å². The zero-order valence-electron chi connectivity index (χ0n) is 4.17. The zero-order valence-corrected chi connectivity index (χ0v) is 8.49. The van der Waals surface area contributed by atoms with Crippen LogP contribution in [-0.2, 0) is 4.79 Å². The summed E-state index contributed by atoms with van der Waals surface area (Å²) in [5.74, 6) is -0.157. The van der Waals surface area contributed by atoms with E-state index in [0.29, 0.717) is 0 Å². The molecule has 4 nitrogen and oxygen atoms in total. The molecule has 0 aliphatic carbocycles. The van der Waals surface area contributed by atoms with Gasteiger partial charge in [-0.25, -0.2) is 7.91 Å². The number of halogens is 2. The molecule has 6 heteroatoms. The summed E-state index contributed by atoms with van der Waals surface area (Å²) < 4.78 is 2.41. The van der Waals surface area contributed by atoms with E-state index in [2.05, 4.69) is 0 Å². The third-order valence-corrected chi connectivity index (χ3v) is 2.57. The molecule has 1 heterocycles. The second-order valence-corrected chi connectivity index (χ2v) is 3.61. The lowest BCUT2D eigenvalue weighted by Gasteiger charge is -2.01. The third-order valence-electron chi connectivity index (χ3n) is 0.869. The second-order valence-electron chi connectivity index (χ2n) is 1.48. The van der Waals surface area contributed by atoms with E-state index in [9.17, 15) is 9.59 Å². The van der Waals surface area contributed by atoms with Crippen molar-refractivity contribution >= 4 is 57.7 Å². The van der Waals surface area contributed by atoms with E-state index in [1.54, 1.807) is 45.7 Å². The van der Waals surface area contributed by atoms with Gasteiger partial charge in [0.2, 0.25) is 0 Å². The van der Waals surface area contributed by atoms with Crippen LogP contribution in [0.5, 0.6) is 0 Å². The van der Waals surface area contributed by atoms with Crippen LogP contribution in [-0.4, -0.2) is 24.7 Å². The molecule has 0 atom stereocenters. The molecule has 9 heavy (non-hydrogen) atoms. The molecule has 3 amide bonds. The highest BCUT2D eigenvalue weighted by atomic mass is 127. The van der Waals surface area contributed by atoms with Gasteiger partial charge < -0.3 is 0 Å². The summed E-state index contributed by atoms with van der Waals surface area (Å²) in [6, 6.07) is -0.249. The van der Waals surface area contributed by atoms with Crippen molar-refractivity contribution in [3.05, 3.63) is 0 Å². The van der Waals surface area contributed by atoms with E-state index < -0.39 is 0 Å². The number of amides is 3. The average Bonchev–Trinajstić information content (AvgIpc) is 1.98. The number of carbonyl (C=O) groups excluding carboxylic acids is 2. The lowest BCUT2D eigenvalue weighted by molar-refractivity contribution is -0.120. The first-order valence-corrected chi connectivity index (χ1v) is 4.02. The molecule has 1 saturated heterocycles. The van der Waals surface area contributed by atoms with Crippen molar-refractivity contribution in [1.82, 2.24) is 6.23 Å². The van der Waals surface area contributed by atoms with Crippen LogP contribution in [0.3, 0.4) is 0 Å². The minimum Gasteiger partial charge on any atom is -0.271 e. The van der Waals surface area contributed by atoms with Gasteiger partial charge in [-0.15, -0.1) is 0 Å². The summed E-state index contributed by atoms with van der Waals surface area (Å²) in [6.07, 6.45) is 0. The molecule has 1 aliphatic rings. The molecule has 50 valence electrons. The third kappa shape index (κ3) is 1.28. The highest BCUT2D eigenvalue weighted by molar-refractivity contribution is 14.1. The molecule has 1 fully saturated rings. The van der Waals surface area contributed by atoms with Crippen molar-refractivity contribution in [2.24, 2.45) is 0 Å². The SMILES string of the molecule is O=C1CN(I)C(=O)N1I. The summed E-state index contributed by atoms with van der Waals surface area (Å²) >= 11 is 3.49. The Bertz CT molecular complexity index is 171. The van der Waals surface area contributed by atoms with Crippen LogP contribution >= 0.6 is 45.7 Å². The van der Waals surface area contributed by atoms with Crippen LogP contribution in [0.25, 0.3) is 0 Å². The first-order chi connectivity index (χ1) is 4.13. The molecule has 0 N–H and O–H groups in total. The van der Waals surface area contributed by atoms with Gasteiger partial charge in [-0.05, 0) is 0 Å². The van der Waals surface area contributed by atoms with Gasteiger partial charge in [0, 0.05) is 0 Å². The highest BCUT2D eigenvalue weighted by Gasteiger charge is 2.32. The quantitative estimate of drug-likeness (QED) is 0.370. The maximum absolute atomic E-state index is 10.7. The number of carbonyl (C=O) groups is 2. The van der Waals surface area contributed by atoms with Crippen molar-refractivity contribution in [3.8, 4) is 0 Å². The van der Waals surface area contributed by atoms with Crippen LogP contribution in [0.2, 0.25) is 0 Å². The zero-order chi connectivity index (χ0) is 7.02. The molecule has 1 aliphatic heterocycles. The predicted octanol–water partition coefficient (Wildman–Crippen LogP) is 0.951. The average molecular weight is 352 g/mol. The number of hydrogen-bond acceptors (Lipinski definition) is 2. The molecule has 0 spiro atoms. The van der Waals surface area contributed by atoms with Gasteiger partial charge in [-0.1, -0.05) is 0 Å². The van der Waals surface area contributed by atoms with E-state index in [1.165, 1.54) is 3.11 Å². The predicted molar refractivity (Wildman–Crippen MR) is 47.0 cm³/mol. The standard InChI is InChI=1S/C3H2I2N2O2/c4-6-1-2(8)7(5)3(6)9/h1H2. The van der Waals surface area contributed by atoms with Crippen molar-refractivity contribution < 1.29 is 9.59 Å². The van der Waals surface area contributed by atoms with Crippen molar-refractivity contribution in [1.29, 1.82) is 0 Å². The molecule has 0 unspecified atom stereocenters. The second kappa shape index (κ2) is 2.56. The van der Waals surface area contributed by atoms with Gasteiger partial charge >= 0.3 is 6.03 Å². The Morgan fingerprint density at radius 1 is 1.33 bits per heavy atom. The van der Waals surface area contributed by atoms with E-state index in [-0.39, 0.29) is 18.5 Å². The molecule has 0 radical (unpaired) electrons. The Balaban J connectivity index is 2.77. The highest BCUT2D eigenvalue weighted by Crippen LogP contribution is 2.17. The Hall–Kier alpha value is 0.400. The topological polar surface area (TPSA) is 40.6 Å². The minimum atomic E-state index is -0.249. The Labute approximate surface area is 79.5 Å². The molecule has 0 aromatic carbocycles. The molecule has 1 rings (SSSR count). The van der Waals surface area contributed by atoms with E-state index >= 15 is 0 Å². The monoisotopic (exact) mass is 352 g/mol. The normalized spacial score (nSPS) is 19.8. The van der Waals surface area contributed by atoms with Crippen LogP contribution in [0.4, 0.5) is 4.79 Å². The van der Waals surface area contributed by atoms with E-state index in [1.807, 2.05) is 0 Å². The molecule has 0 bridgehead atoms. The fourth-order valence-electron chi connectivity index (χ4n) is 0.450. The van der Waals surface area contributed by atoms with Crippen LogP contribution in [0.15, 0.2) is 0 Å². The summed E-state index contributed by atoms with van der Waals surface area (Å²) in [7, 11) is 0. The summed E-state index contributed by atoms with van der Waals surface area (Å²) in [4.78, 5) is 21.4. The maximum Gasteiger partial charge on any atom is 0.345 e. The summed E-state index contributed by atoms with van der Waals surface area (Å²) in [6.45, 7) is 0.197. The summed E-state index contributed by atoms with van der Waals surface area (Å²) in [5, 5.41) is 0. The Morgan fingerprint density at radius 2 is 1.89 bits per heavy atom. The Kier molecular flexibility index (Phi) is 2.14. The van der Waals surface area contributed by atoms with Gasteiger partial charge in [0.1, 0.15) is 6.54 Å². The molecule has 0 aromatic rings. The first kappa shape index (κ1) is 7.51. The largest absolute Gasteiger partial charge is 0.345 e. The molecule has 0 saturated carbocycles. The lowest BCUT2D eigenvalue weighted by Crippen LogP contribution is -2.18. The Morgan fingerprint density at radius 3 is 2.00 bits per heavy atom. The van der Waals surface area contributed by atoms with Crippen LogP contribution < -0.4 is 0 Å². The fourth-order valence-corrected chi connectivity index (χ4v) is 1.78. The van der Waals surface area contributed by atoms with Crippen molar-refractivity contribution in [3.63, 3.8) is 0 Å². The number of hydrogen-bond donors (Lipinski definition) is 0. The van der Waals surface area contributed by atoms with Gasteiger partial charge in [0.15, 0.2) is 0 Å². The van der Waals surface area contributed by atoms with Crippen LogP contribution in [0, 0.1) is 0 Å². The molecule has 0 aromatic heterocycles. The van der Waals surface area contributed by atoms with Crippen molar-refractivity contribution in [2.75, 3.05) is 6.54 Å². The lowest BCUT2D eigenvalue weighted by atomic mass is 10.7. The van der Waals surface area contributed by atoms with Gasteiger partial charge in [-0.3, -0.25) is 7.91 Å². The molecular formula is C3H2I2N2O2. The minimum absolute atomic E-state index is 0.157. The number of imide groups is 1. The fraction of sp³-hybridized carbons (Fsp3) is 0.333. The van der Waals surface area contributed by atoms with Gasteiger partial charge in [0.05, 0.1) is 45.7 Å². The number of rotatable bonds is 0. The van der Waals surface area contributed by atoms with Gasteiger partial charge in [0.25, 0.3) is 5.91 Å². The molecular weight excluding hydrogens is 350 g/mol.